The zero-order valence-corrected chi connectivity index (χ0v) is 18.2. The minimum absolute atomic E-state index is 0.0353. The van der Waals surface area contributed by atoms with Crippen LogP contribution in [0.1, 0.15) is 16.1 Å². The number of hydrogen-bond acceptors (Lipinski definition) is 5. The molecule has 8 nitrogen and oxygen atoms in total. The van der Waals surface area contributed by atoms with E-state index in [4.69, 9.17) is 11.6 Å². The van der Waals surface area contributed by atoms with Gasteiger partial charge in [0, 0.05) is 28.7 Å². The molecule has 0 unspecified atom stereocenters. The molecule has 0 aliphatic carbocycles. The van der Waals surface area contributed by atoms with Gasteiger partial charge in [-0.2, -0.15) is 5.10 Å². The normalized spacial score (nSPS) is 11.5. The first-order chi connectivity index (χ1) is 14.7. The molecule has 4 rings (SSSR count). The molecule has 0 aliphatic heterocycles. The number of amides is 1. The van der Waals surface area contributed by atoms with Crippen molar-refractivity contribution in [3.63, 3.8) is 0 Å². The quantitative estimate of drug-likeness (QED) is 0.473. The van der Waals surface area contributed by atoms with Crippen LogP contribution in [0, 0.1) is 6.92 Å². The molecule has 158 valence electrons. The molecule has 2 aromatic heterocycles. The second-order valence-electron chi connectivity index (χ2n) is 6.90. The fourth-order valence-electron chi connectivity index (χ4n) is 3.10. The summed E-state index contributed by atoms with van der Waals surface area (Å²) >= 11 is 5.82. The van der Waals surface area contributed by atoms with Gasteiger partial charge in [0.05, 0.1) is 22.5 Å². The van der Waals surface area contributed by atoms with Gasteiger partial charge in [-0.3, -0.25) is 14.2 Å². The number of aromatic nitrogens is 3. The average Bonchev–Trinajstić information content (AvgIpc) is 3.03. The fourth-order valence-corrected chi connectivity index (χ4v) is 4.28. The smallest absolute Gasteiger partial charge is 0.261 e. The fraction of sp³-hybridized carbons (Fsp3) is 0.0952. The number of carbonyl (C=O) groups is 1. The summed E-state index contributed by atoms with van der Waals surface area (Å²) in [5, 5.41) is 8.43. The number of benzene rings is 2. The summed E-state index contributed by atoms with van der Waals surface area (Å²) in [5.41, 5.74) is 2.75. The number of hydrogen-bond donors (Lipinski definition) is 2. The Balaban J connectivity index is 1.50. The lowest BCUT2D eigenvalue weighted by atomic mass is 10.2. The number of halogens is 1. The number of aryl methyl sites for hydroxylation is 2. The summed E-state index contributed by atoms with van der Waals surface area (Å²) in [6.07, 6.45) is 1.55. The highest BCUT2D eigenvalue weighted by Gasteiger charge is 2.16. The Kier molecular flexibility index (Phi) is 5.38. The van der Waals surface area contributed by atoms with E-state index < -0.39 is 10.0 Å². The molecule has 0 bridgehead atoms. The van der Waals surface area contributed by atoms with Gasteiger partial charge in [-0.25, -0.2) is 13.4 Å². The molecule has 10 heteroatoms. The van der Waals surface area contributed by atoms with Crippen LogP contribution in [0.3, 0.4) is 0 Å². The predicted molar refractivity (Wildman–Crippen MR) is 120 cm³/mol. The van der Waals surface area contributed by atoms with Crippen molar-refractivity contribution in [3.05, 3.63) is 77.1 Å². The second-order valence-corrected chi connectivity index (χ2v) is 9.01. The van der Waals surface area contributed by atoms with E-state index in [-0.39, 0.29) is 10.8 Å². The van der Waals surface area contributed by atoms with Crippen LogP contribution >= 0.6 is 11.6 Å². The number of rotatable bonds is 5. The van der Waals surface area contributed by atoms with Crippen molar-refractivity contribution < 1.29 is 13.2 Å². The highest BCUT2D eigenvalue weighted by atomic mass is 35.5. The lowest BCUT2D eigenvalue weighted by molar-refractivity contribution is 0.102. The van der Waals surface area contributed by atoms with Crippen molar-refractivity contribution in [2.24, 2.45) is 7.05 Å². The lowest BCUT2D eigenvalue weighted by Crippen LogP contribution is -2.15. The lowest BCUT2D eigenvalue weighted by Gasteiger charge is -2.09. The Morgan fingerprint density at radius 3 is 2.39 bits per heavy atom. The molecule has 0 fully saturated rings. The van der Waals surface area contributed by atoms with E-state index in [2.05, 4.69) is 20.1 Å². The van der Waals surface area contributed by atoms with Crippen molar-refractivity contribution in [1.29, 1.82) is 0 Å². The van der Waals surface area contributed by atoms with Crippen LogP contribution in [-0.2, 0) is 17.1 Å². The zero-order chi connectivity index (χ0) is 22.2. The maximum absolute atomic E-state index is 12.6. The number of nitrogens with one attached hydrogen (secondary N) is 2. The van der Waals surface area contributed by atoms with Crippen LogP contribution in [0.15, 0.2) is 65.7 Å². The molecule has 0 saturated heterocycles. The first kappa shape index (κ1) is 20.8. The molecule has 4 aromatic rings. The average molecular weight is 456 g/mol. The largest absolute Gasteiger partial charge is 0.321 e. The van der Waals surface area contributed by atoms with Crippen molar-refractivity contribution >= 4 is 49.9 Å². The standard InChI is InChI=1S/C21H18ClN5O3S/c1-13-19-11-17(12-23-20(19)27(2)25-13)24-21(28)14-3-9-18(10-4-14)31(29,30)26-16-7-5-15(22)6-8-16/h3-12,26H,1-2H3,(H,24,28). The van der Waals surface area contributed by atoms with Crippen LogP contribution in [0.25, 0.3) is 11.0 Å². The summed E-state index contributed by atoms with van der Waals surface area (Å²) in [5.74, 6) is -0.377. The van der Waals surface area contributed by atoms with E-state index in [0.717, 1.165) is 16.7 Å². The molecule has 0 spiro atoms. The molecule has 31 heavy (non-hydrogen) atoms. The number of nitrogens with zero attached hydrogens (tertiary/aromatic N) is 3. The van der Waals surface area contributed by atoms with Gasteiger partial charge in [-0.1, -0.05) is 11.6 Å². The number of anilines is 2. The number of fused-ring (bicyclic) bond motifs is 1. The summed E-state index contributed by atoms with van der Waals surface area (Å²) in [7, 11) is -1.99. The number of carbonyl (C=O) groups excluding carboxylic acids is 1. The van der Waals surface area contributed by atoms with Crippen LogP contribution < -0.4 is 10.0 Å². The van der Waals surface area contributed by atoms with E-state index in [0.29, 0.717) is 22.0 Å². The highest BCUT2D eigenvalue weighted by molar-refractivity contribution is 7.92. The van der Waals surface area contributed by atoms with Crippen molar-refractivity contribution in [1.82, 2.24) is 14.8 Å². The molecule has 0 radical (unpaired) electrons. The molecule has 2 heterocycles. The third-order valence-corrected chi connectivity index (χ3v) is 6.29. The van der Waals surface area contributed by atoms with Crippen molar-refractivity contribution in [2.75, 3.05) is 10.0 Å². The summed E-state index contributed by atoms with van der Waals surface area (Å²) < 4.78 is 29.3. The van der Waals surface area contributed by atoms with Crippen LogP contribution in [0.2, 0.25) is 5.02 Å². The van der Waals surface area contributed by atoms with Crippen molar-refractivity contribution in [3.8, 4) is 0 Å². The van der Waals surface area contributed by atoms with Crippen LogP contribution in [0.4, 0.5) is 11.4 Å². The third-order valence-electron chi connectivity index (χ3n) is 4.64. The molecule has 0 saturated carbocycles. The Labute approximate surface area is 183 Å². The Bertz CT molecular complexity index is 1380. The third kappa shape index (κ3) is 4.37. The predicted octanol–water partition coefficient (Wildman–Crippen LogP) is 3.98. The maximum atomic E-state index is 12.6. The monoisotopic (exact) mass is 455 g/mol. The van der Waals surface area contributed by atoms with E-state index in [1.807, 2.05) is 6.92 Å². The van der Waals surface area contributed by atoms with Crippen molar-refractivity contribution in [2.45, 2.75) is 11.8 Å². The molecule has 0 atom stereocenters. The zero-order valence-electron chi connectivity index (χ0n) is 16.6. The second kappa shape index (κ2) is 8.01. The Hall–Kier alpha value is -3.43. The van der Waals surface area contributed by atoms with Gasteiger partial charge in [0.15, 0.2) is 5.65 Å². The van der Waals surface area contributed by atoms with E-state index in [1.54, 1.807) is 48.3 Å². The van der Waals surface area contributed by atoms with Gasteiger partial charge >= 0.3 is 0 Å². The van der Waals surface area contributed by atoms with E-state index >= 15 is 0 Å². The molecular weight excluding hydrogens is 438 g/mol. The number of pyridine rings is 1. The minimum Gasteiger partial charge on any atom is -0.321 e. The topological polar surface area (TPSA) is 106 Å². The van der Waals surface area contributed by atoms with Gasteiger partial charge in [0.1, 0.15) is 0 Å². The Morgan fingerprint density at radius 1 is 1.03 bits per heavy atom. The van der Waals surface area contributed by atoms with Gasteiger partial charge < -0.3 is 5.32 Å². The Morgan fingerprint density at radius 2 is 1.71 bits per heavy atom. The molecule has 2 aromatic carbocycles. The van der Waals surface area contributed by atoms with E-state index in [9.17, 15) is 13.2 Å². The van der Waals surface area contributed by atoms with Gasteiger partial charge in [0.2, 0.25) is 0 Å². The van der Waals surface area contributed by atoms with Crippen LogP contribution in [0.5, 0.6) is 0 Å². The first-order valence-electron chi connectivity index (χ1n) is 9.22. The first-order valence-corrected chi connectivity index (χ1v) is 11.1. The highest BCUT2D eigenvalue weighted by Crippen LogP contribution is 2.21. The summed E-state index contributed by atoms with van der Waals surface area (Å²) in [6, 6.07) is 13.8. The molecular formula is C21H18ClN5O3S. The van der Waals surface area contributed by atoms with Crippen LogP contribution in [-0.4, -0.2) is 29.1 Å². The molecule has 1 amide bonds. The van der Waals surface area contributed by atoms with Gasteiger partial charge in [0.25, 0.3) is 15.9 Å². The van der Waals surface area contributed by atoms with Gasteiger partial charge in [-0.15, -0.1) is 0 Å². The number of sulfonamides is 1. The van der Waals surface area contributed by atoms with E-state index in [1.165, 1.54) is 24.3 Å². The maximum Gasteiger partial charge on any atom is 0.261 e. The minimum atomic E-state index is -3.80. The summed E-state index contributed by atoms with van der Waals surface area (Å²) in [4.78, 5) is 17.0. The van der Waals surface area contributed by atoms with Gasteiger partial charge in [-0.05, 0) is 61.5 Å². The SMILES string of the molecule is Cc1nn(C)c2ncc(NC(=O)c3ccc(S(=O)(=O)Nc4ccc(Cl)cc4)cc3)cc12. The molecule has 0 aliphatic rings. The summed E-state index contributed by atoms with van der Waals surface area (Å²) in [6.45, 7) is 1.87. The molecule has 2 N–H and O–H groups in total.